The highest BCUT2D eigenvalue weighted by Crippen LogP contribution is 2.41. The van der Waals surface area contributed by atoms with Crippen LogP contribution in [-0.4, -0.2) is 38.7 Å². The Bertz CT molecular complexity index is 1520. The third kappa shape index (κ3) is 6.08. The van der Waals surface area contributed by atoms with Gasteiger partial charge in [-0.05, 0) is 43.7 Å². The Morgan fingerprint density at radius 1 is 0.902 bits per heavy atom. The summed E-state index contributed by atoms with van der Waals surface area (Å²) in [6.45, 7) is 2.54. The van der Waals surface area contributed by atoms with E-state index in [4.69, 9.17) is 4.74 Å². The zero-order chi connectivity index (χ0) is 30.5. The second-order valence-corrected chi connectivity index (χ2v) is 8.72. The van der Waals surface area contributed by atoms with Crippen molar-refractivity contribution in [2.45, 2.75) is 19.3 Å². The number of para-hydroxylation sites is 1. The molecular weight excluding hydrogens is 542 g/mol. The average molecular weight is 565 g/mol. The number of nitrogens with zero attached hydrogens (tertiary/aromatic N) is 4. The first-order chi connectivity index (χ1) is 19.3. The Balaban J connectivity index is 2.21. The van der Waals surface area contributed by atoms with E-state index in [9.17, 15) is 45.0 Å². The third-order valence-electron chi connectivity index (χ3n) is 6.07. The van der Waals surface area contributed by atoms with Gasteiger partial charge in [-0.1, -0.05) is 30.3 Å². The van der Waals surface area contributed by atoms with Crippen LogP contribution in [0.5, 0.6) is 0 Å². The molecule has 15 nitrogen and oxygen atoms in total. The maximum atomic E-state index is 12.7. The predicted molar refractivity (Wildman–Crippen MR) is 146 cm³/mol. The number of hydrogen-bond donors (Lipinski definition) is 2. The summed E-state index contributed by atoms with van der Waals surface area (Å²) in [6.07, 6.45) is 0.884. The molecule has 0 heterocycles. The number of esters is 1. The first-order valence-electron chi connectivity index (χ1n) is 11.6. The van der Waals surface area contributed by atoms with Crippen molar-refractivity contribution in [3.8, 4) is 0 Å². The summed E-state index contributed by atoms with van der Waals surface area (Å²) in [5, 5.41) is 46.8. The highest BCUT2D eigenvalue weighted by molar-refractivity contribution is 5.92. The number of ether oxygens (including phenoxy) is 1. The van der Waals surface area contributed by atoms with Crippen molar-refractivity contribution >= 4 is 45.9 Å². The van der Waals surface area contributed by atoms with Crippen molar-refractivity contribution in [1.82, 2.24) is 0 Å². The van der Waals surface area contributed by atoms with Gasteiger partial charge in [0, 0.05) is 6.08 Å². The maximum Gasteiger partial charge on any atom is 0.323 e. The Hall–Kier alpha value is -5.86. The highest BCUT2D eigenvalue weighted by Gasteiger charge is 2.41. The molecule has 1 atom stereocenters. The van der Waals surface area contributed by atoms with Gasteiger partial charge in [0.15, 0.2) is 5.78 Å². The molecule has 41 heavy (non-hydrogen) atoms. The molecule has 0 aliphatic rings. The second kappa shape index (κ2) is 11.9. The largest absolute Gasteiger partial charge is 0.511 e. The quantitative estimate of drug-likeness (QED) is 0.103. The number of aliphatic hydroxyl groups is 1. The first kappa shape index (κ1) is 29.7. The van der Waals surface area contributed by atoms with Crippen LogP contribution in [0.1, 0.15) is 19.4 Å². The van der Waals surface area contributed by atoms with E-state index in [-0.39, 0.29) is 11.3 Å². The van der Waals surface area contributed by atoms with E-state index in [1.807, 2.05) is 0 Å². The molecule has 15 heteroatoms. The van der Waals surface area contributed by atoms with Gasteiger partial charge >= 0.3 is 17.3 Å². The Morgan fingerprint density at radius 3 is 1.85 bits per heavy atom. The van der Waals surface area contributed by atoms with Gasteiger partial charge in [0.05, 0.1) is 45.4 Å². The molecule has 0 spiro atoms. The van der Waals surface area contributed by atoms with Crippen LogP contribution in [0.3, 0.4) is 0 Å². The minimum absolute atomic E-state index is 0.211. The number of carbonyl (C=O) groups excluding carboxylic acids is 2. The Morgan fingerprint density at radius 2 is 1.41 bits per heavy atom. The van der Waals surface area contributed by atoms with Gasteiger partial charge in [0.2, 0.25) is 5.69 Å². The van der Waals surface area contributed by atoms with Gasteiger partial charge in [-0.3, -0.25) is 50.4 Å². The van der Waals surface area contributed by atoms with Crippen molar-refractivity contribution in [1.29, 1.82) is 0 Å². The van der Waals surface area contributed by atoms with Crippen LogP contribution in [-0.2, 0) is 19.7 Å². The van der Waals surface area contributed by atoms with Crippen LogP contribution >= 0.6 is 0 Å². The number of nitro groups is 3. The fourth-order valence-corrected chi connectivity index (χ4v) is 3.93. The van der Waals surface area contributed by atoms with Crippen LogP contribution in [0.15, 0.2) is 78.6 Å². The normalized spacial score (nSPS) is 12.5. The van der Waals surface area contributed by atoms with E-state index in [0.29, 0.717) is 17.8 Å². The molecule has 2 N–H and O–H groups in total. The van der Waals surface area contributed by atoms with E-state index in [1.54, 1.807) is 30.3 Å². The number of nitro benzene ring substituents is 3. The topological polar surface area (TPSA) is 208 Å². The molecule has 0 radical (unpaired) electrons. The van der Waals surface area contributed by atoms with Crippen molar-refractivity contribution in [2.24, 2.45) is 0 Å². The summed E-state index contributed by atoms with van der Waals surface area (Å²) < 4.78 is 4.85. The van der Waals surface area contributed by atoms with Crippen LogP contribution in [0.2, 0.25) is 0 Å². The van der Waals surface area contributed by atoms with E-state index < -0.39 is 60.4 Å². The molecule has 3 aromatic carbocycles. The van der Waals surface area contributed by atoms with Crippen LogP contribution in [0.25, 0.3) is 0 Å². The Labute approximate surface area is 231 Å². The first-order valence-corrected chi connectivity index (χ1v) is 11.6. The number of allylic oxidation sites excluding steroid dienone is 1. The van der Waals surface area contributed by atoms with E-state index in [0.717, 1.165) is 13.2 Å². The van der Waals surface area contributed by atoms with Crippen molar-refractivity contribution in [2.75, 3.05) is 17.5 Å². The smallest absolute Gasteiger partial charge is 0.323 e. The number of benzene rings is 3. The van der Waals surface area contributed by atoms with Crippen LogP contribution in [0, 0.1) is 30.3 Å². The Kier molecular flexibility index (Phi) is 8.62. The molecule has 212 valence electrons. The van der Waals surface area contributed by atoms with Gasteiger partial charge in [0.25, 0.3) is 5.69 Å². The third-order valence-corrected chi connectivity index (χ3v) is 6.07. The zero-order valence-electron chi connectivity index (χ0n) is 21.8. The molecule has 0 saturated carbocycles. The molecule has 3 rings (SSSR count). The predicted octanol–water partition coefficient (Wildman–Crippen LogP) is 5.04. The van der Waals surface area contributed by atoms with Gasteiger partial charge in [-0.15, -0.1) is 0 Å². The molecule has 0 aromatic heterocycles. The molecule has 0 fully saturated rings. The minimum Gasteiger partial charge on any atom is -0.511 e. The van der Waals surface area contributed by atoms with E-state index in [2.05, 4.69) is 5.43 Å². The number of nitrogens with one attached hydrogen (secondary N) is 1. The van der Waals surface area contributed by atoms with Gasteiger partial charge < -0.3 is 9.84 Å². The molecule has 1 unspecified atom stereocenters. The number of rotatable bonds is 11. The molecule has 3 aromatic rings. The summed E-state index contributed by atoms with van der Waals surface area (Å²) in [6, 6.07) is 15.1. The number of hydrogen-bond acceptors (Lipinski definition) is 12. The summed E-state index contributed by atoms with van der Waals surface area (Å²) in [7, 11) is 1.11. The monoisotopic (exact) mass is 565 g/mol. The number of ketones is 1. The summed E-state index contributed by atoms with van der Waals surface area (Å²) in [4.78, 5) is 56.2. The fraction of sp³-hybridized carbons (Fsp3) is 0.154. The molecule has 0 bridgehead atoms. The van der Waals surface area contributed by atoms with E-state index >= 15 is 0 Å². The lowest BCUT2D eigenvalue weighted by atomic mass is 9.80. The zero-order valence-corrected chi connectivity index (χ0v) is 21.8. The number of anilines is 3. The van der Waals surface area contributed by atoms with Gasteiger partial charge in [-0.2, -0.15) is 0 Å². The maximum absolute atomic E-state index is 12.7. The highest BCUT2D eigenvalue weighted by atomic mass is 16.6. The van der Waals surface area contributed by atoms with Crippen molar-refractivity contribution < 1.29 is 34.2 Å². The number of non-ortho nitro benzene ring substituents is 1. The van der Waals surface area contributed by atoms with Crippen molar-refractivity contribution in [3.05, 3.63) is 114 Å². The van der Waals surface area contributed by atoms with Gasteiger partial charge in [-0.25, -0.2) is 0 Å². The summed E-state index contributed by atoms with van der Waals surface area (Å²) >= 11 is 0. The molecule has 0 saturated heterocycles. The fourth-order valence-electron chi connectivity index (χ4n) is 3.93. The molecule has 0 amide bonds. The molecular formula is C26H23N5O10. The summed E-state index contributed by atoms with van der Waals surface area (Å²) in [5.41, 5.74) is -1.60. The number of hydrazine groups is 1. The number of aliphatic hydroxyl groups excluding tert-OH is 1. The van der Waals surface area contributed by atoms with Crippen molar-refractivity contribution in [3.63, 3.8) is 0 Å². The minimum atomic E-state index is -1.78. The average Bonchev–Trinajstić information content (AvgIpc) is 2.94. The lowest BCUT2D eigenvalue weighted by Gasteiger charge is -2.29. The molecule has 0 aliphatic heterocycles. The number of methoxy groups -OCH3 is 1. The summed E-state index contributed by atoms with van der Waals surface area (Å²) in [5.74, 6) is -1.95. The van der Waals surface area contributed by atoms with E-state index in [1.165, 1.54) is 43.1 Å². The lowest BCUT2D eigenvalue weighted by Crippen LogP contribution is -2.36. The van der Waals surface area contributed by atoms with Crippen LogP contribution < -0.4 is 10.4 Å². The standard InChI is InChI=1S/C26H23N5O10/c1-16(32)13-23(33)26(2,25(34)41-3)17-9-11-19(12-10-17)28(18-7-5-4-6-8-18)27-24-21(30(37)38)14-20(29(35)36)15-22(24)31(39)40/h4-15,27,33H,1-3H3/b23-13-. The number of carbonyl (C=O) groups is 2. The lowest BCUT2D eigenvalue weighted by molar-refractivity contribution is -0.401. The molecule has 0 aliphatic carbocycles. The van der Waals surface area contributed by atoms with Gasteiger partial charge in [0.1, 0.15) is 11.2 Å². The second-order valence-electron chi connectivity index (χ2n) is 8.72. The van der Waals surface area contributed by atoms with Crippen LogP contribution in [0.4, 0.5) is 34.1 Å². The SMILES string of the molecule is COC(=O)C(C)(/C(O)=C/C(C)=O)c1ccc(N(Nc2c([N+](=O)[O-])cc([N+](=O)[O-])cc2[N+](=O)[O-])c2ccccc2)cc1.